The molecule has 0 spiro atoms. The van der Waals surface area contributed by atoms with Crippen molar-refractivity contribution in [2.45, 2.75) is 30.9 Å². The quantitative estimate of drug-likeness (QED) is 0.829. The Hall–Kier alpha value is -0.420. The summed E-state index contributed by atoms with van der Waals surface area (Å²) < 4.78 is 19.6. The maximum atomic E-state index is 11.5. The minimum absolute atomic E-state index is 0.346. The number of nitrogens with one attached hydrogen (secondary N) is 1. The standard InChI is InChI=1S/C8H14N2OS2/c1-5(2)7-10-6(3)8(12-7)13(4,9)11/h5,9H,1-4H3/t13-/m0/s1. The molecule has 0 saturated carbocycles. The molecule has 5 heteroatoms. The Bertz CT molecular complexity index is 404. The van der Waals surface area contributed by atoms with Crippen LogP contribution >= 0.6 is 11.3 Å². The Morgan fingerprint density at radius 1 is 1.54 bits per heavy atom. The van der Waals surface area contributed by atoms with E-state index in [1.54, 1.807) is 0 Å². The Kier molecular flexibility index (Phi) is 2.77. The molecule has 3 nitrogen and oxygen atoms in total. The van der Waals surface area contributed by atoms with Gasteiger partial charge in [0.2, 0.25) is 0 Å². The van der Waals surface area contributed by atoms with Crippen LogP contribution in [0.5, 0.6) is 0 Å². The molecule has 0 aromatic carbocycles. The highest BCUT2D eigenvalue weighted by Crippen LogP contribution is 2.28. The van der Waals surface area contributed by atoms with Crippen LogP contribution < -0.4 is 0 Å². The van der Waals surface area contributed by atoms with E-state index in [2.05, 4.69) is 4.98 Å². The molecule has 0 aliphatic rings. The van der Waals surface area contributed by atoms with E-state index in [1.165, 1.54) is 17.6 Å². The van der Waals surface area contributed by atoms with Gasteiger partial charge in [-0.1, -0.05) is 13.8 Å². The molecule has 13 heavy (non-hydrogen) atoms. The number of hydrogen-bond acceptors (Lipinski definition) is 4. The summed E-state index contributed by atoms with van der Waals surface area (Å²) in [5.74, 6) is 0.346. The molecule has 0 aliphatic carbocycles. The van der Waals surface area contributed by atoms with Gasteiger partial charge >= 0.3 is 0 Å². The van der Waals surface area contributed by atoms with Crippen molar-refractivity contribution in [3.05, 3.63) is 10.7 Å². The van der Waals surface area contributed by atoms with Gasteiger partial charge in [-0.25, -0.2) is 14.0 Å². The van der Waals surface area contributed by atoms with Crippen LogP contribution in [0, 0.1) is 11.7 Å². The van der Waals surface area contributed by atoms with Crippen molar-refractivity contribution < 1.29 is 4.21 Å². The second-order valence-corrected chi connectivity index (χ2v) is 6.81. The highest BCUT2D eigenvalue weighted by atomic mass is 32.2. The van der Waals surface area contributed by atoms with Crippen LogP contribution in [0.1, 0.15) is 30.5 Å². The van der Waals surface area contributed by atoms with Gasteiger partial charge in [0.25, 0.3) is 0 Å². The summed E-state index contributed by atoms with van der Waals surface area (Å²) in [6.45, 7) is 5.91. The number of hydrogen-bond donors (Lipinski definition) is 1. The molecule has 1 atom stereocenters. The molecule has 1 aromatic heterocycles. The van der Waals surface area contributed by atoms with Gasteiger partial charge in [-0.2, -0.15) is 0 Å². The van der Waals surface area contributed by atoms with Crippen molar-refractivity contribution in [3.63, 3.8) is 0 Å². The summed E-state index contributed by atoms with van der Waals surface area (Å²) >= 11 is 1.40. The van der Waals surface area contributed by atoms with Crippen LogP contribution in [0.2, 0.25) is 0 Å². The van der Waals surface area contributed by atoms with Crippen molar-refractivity contribution in [2.24, 2.45) is 0 Å². The molecule has 1 heterocycles. The van der Waals surface area contributed by atoms with Gasteiger partial charge in [-0.15, -0.1) is 11.3 Å². The largest absolute Gasteiger partial charge is 0.248 e. The number of rotatable bonds is 2. The van der Waals surface area contributed by atoms with Gasteiger partial charge in [0.1, 0.15) is 4.21 Å². The van der Waals surface area contributed by atoms with Crippen LogP contribution in [0.3, 0.4) is 0 Å². The van der Waals surface area contributed by atoms with E-state index in [-0.39, 0.29) is 0 Å². The van der Waals surface area contributed by atoms with Crippen LogP contribution in [0.4, 0.5) is 0 Å². The Balaban J connectivity index is 3.27. The average Bonchev–Trinajstić information content (AvgIpc) is 2.29. The van der Waals surface area contributed by atoms with Crippen molar-refractivity contribution in [1.82, 2.24) is 4.98 Å². The Labute approximate surface area is 83.2 Å². The SMILES string of the molecule is Cc1nc(C(C)C)sc1[S@@](C)(=N)=O. The fourth-order valence-corrected chi connectivity index (χ4v) is 3.31. The highest BCUT2D eigenvalue weighted by molar-refractivity contribution is 7.93. The smallest absolute Gasteiger partial charge is 0.122 e. The lowest BCUT2D eigenvalue weighted by Gasteiger charge is -1.96. The second kappa shape index (κ2) is 3.38. The summed E-state index contributed by atoms with van der Waals surface area (Å²) in [7, 11) is -2.59. The summed E-state index contributed by atoms with van der Waals surface area (Å²) in [6.07, 6.45) is 1.44. The molecule has 0 amide bonds. The van der Waals surface area contributed by atoms with Crippen LogP contribution in [-0.2, 0) is 9.73 Å². The summed E-state index contributed by atoms with van der Waals surface area (Å²) in [6, 6.07) is 0. The molecule has 1 aromatic rings. The predicted octanol–water partition coefficient (Wildman–Crippen LogP) is 2.61. The molecule has 0 aliphatic heterocycles. The molecular weight excluding hydrogens is 204 g/mol. The van der Waals surface area contributed by atoms with E-state index in [9.17, 15) is 4.21 Å². The molecular formula is C8H14N2OS2. The van der Waals surface area contributed by atoms with Crippen LogP contribution in [-0.4, -0.2) is 15.4 Å². The van der Waals surface area contributed by atoms with Crippen molar-refractivity contribution >= 4 is 21.1 Å². The van der Waals surface area contributed by atoms with Gasteiger partial charge in [-0.05, 0) is 6.92 Å². The maximum Gasteiger partial charge on any atom is 0.122 e. The van der Waals surface area contributed by atoms with Crippen molar-refractivity contribution in [1.29, 1.82) is 4.78 Å². The number of aromatic nitrogens is 1. The first-order chi connectivity index (χ1) is 5.82. The number of nitrogens with zero attached hydrogens (tertiary/aromatic N) is 1. The van der Waals surface area contributed by atoms with Crippen LogP contribution in [0.15, 0.2) is 4.21 Å². The summed E-state index contributed by atoms with van der Waals surface area (Å²) in [5.41, 5.74) is 0.746. The monoisotopic (exact) mass is 218 g/mol. The zero-order valence-corrected chi connectivity index (χ0v) is 9.88. The first-order valence-electron chi connectivity index (χ1n) is 4.03. The first-order valence-corrected chi connectivity index (χ1v) is 6.81. The molecule has 0 unspecified atom stereocenters. The zero-order chi connectivity index (χ0) is 10.2. The number of aryl methyl sites for hydroxylation is 1. The van der Waals surface area contributed by atoms with E-state index in [0.717, 1.165) is 10.7 Å². The normalized spacial score (nSPS) is 16.1. The molecule has 0 saturated heterocycles. The molecule has 0 radical (unpaired) electrons. The highest BCUT2D eigenvalue weighted by Gasteiger charge is 2.15. The topological polar surface area (TPSA) is 53.8 Å². The van der Waals surface area contributed by atoms with E-state index >= 15 is 0 Å². The minimum Gasteiger partial charge on any atom is -0.248 e. The van der Waals surface area contributed by atoms with E-state index < -0.39 is 9.73 Å². The lowest BCUT2D eigenvalue weighted by molar-refractivity contribution is 0.679. The van der Waals surface area contributed by atoms with E-state index in [0.29, 0.717) is 10.1 Å². The van der Waals surface area contributed by atoms with Gasteiger partial charge in [-0.3, -0.25) is 0 Å². The fraction of sp³-hybridized carbons (Fsp3) is 0.625. The Morgan fingerprint density at radius 3 is 2.31 bits per heavy atom. The average molecular weight is 218 g/mol. The number of thiazole rings is 1. The lowest BCUT2D eigenvalue weighted by Crippen LogP contribution is -1.93. The van der Waals surface area contributed by atoms with Crippen molar-refractivity contribution in [2.75, 3.05) is 6.26 Å². The third-order valence-corrected chi connectivity index (χ3v) is 5.08. The van der Waals surface area contributed by atoms with Crippen molar-refractivity contribution in [3.8, 4) is 0 Å². The minimum atomic E-state index is -2.59. The fourth-order valence-electron chi connectivity index (χ4n) is 1.01. The Morgan fingerprint density at radius 2 is 2.08 bits per heavy atom. The van der Waals surface area contributed by atoms with E-state index in [4.69, 9.17) is 4.78 Å². The van der Waals surface area contributed by atoms with Gasteiger partial charge in [0.05, 0.1) is 20.4 Å². The molecule has 1 N–H and O–H groups in total. The molecule has 0 bridgehead atoms. The zero-order valence-electron chi connectivity index (χ0n) is 8.25. The second-order valence-electron chi connectivity index (χ2n) is 3.42. The third-order valence-electron chi connectivity index (χ3n) is 1.62. The summed E-state index contributed by atoms with van der Waals surface area (Å²) in [5, 5.41) is 0.967. The van der Waals surface area contributed by atoms with Gasteiger partial charge in [0.15, 0.2) is 0 Å². The van der Waals surface area contributed by atoms with Crippen LogP contribution in [0.25, 0.3) is 0 Å². The lowest BCUT2D eigenvalue weighted by atomic mass is 10.2. The van der Waals surface area contributed by atoms with E-state index in [1.807, 2.05) is 20.8 Å². The predicted molar refractivity (Wildman–Crippen MR) is 56.0 cm³/mol. The third kappa shape index (κ3) is 2.28. The van der Waals surface area contributed by atoms with Gasteiger partial charge in [0, 0.05) is 12.2 Å². The van der Waals surface area contributed by atoms with Gasteiger partial charge < -0.3 is 0 Å². The first kappa shape index (κ1) is 10.7. The molecule has 74 valence electrons. The maximum absolute atomic E-state index is 11.5. The molecule has 1 rings (SSSR count). The molecule has 0 fully saturated rings. The summed E-state index contributed by atoms with van der Waals surface area (Å²) in [4.78, 5) is 4.30.